The predicted molar refractivity (Wildman–Crippen MR) is 102 cm³/mol. The maximum atomic E-state index is 5.68. The highest BCUT2D eigenvalue weighted by Gasteiger charge is 1.98. The highest BCUT2D eigenvalue weighted by Crippen LogP contribution is 2.15. The van der Waals surface area contributed by atoms with Gasteiger partial charge in [-0.05, 0) is 81.3 Å². The zero-order chi connectivity index (χ0) is 15.1. The van der Waals surface area contributed by atoms with Crippen LogP contribution in [-0.4, -0.2) is 9.97 Å². The maximum Gasteiger partial charge on any atom is 0.129 e. The number of pyridine rings is 2. The number of aromatic nitrogens is 2. The third kappa shape index (κ3) is 5.69. The van der Waals surface area contributed by atoms with Gasteiger partial charge in [-0.2, -0.15) is 0 Å². The molecule has 0 unspecified atom stereocenters. The molecular formula is C14H16ClI2N3. The van der Waals surface area contributed by atoms with Crippen molar-refractivity contribution >= 4 is 62.6 Å². The summed E-state index contributed by atoms with van der Waals surface area (Å²) in [5, 5.41) is 0.581. The Hall–Kier alpha value is -0.150. The Bertz CT molecular complexity index is 525. The van der Waals surface area contributed by atoms with Crippen LogP contribution in [0.2, 0.25) is 5.15 Å². The number of nitrogen functional groups attached to an aromatic ring is 1. The molecule has 2 N–H and O–H groups in total. The highest BCUT2D eigenvalue weighted by atomic mass is 127. The van der Waals surface area contributed by atoms with Gasteiger partial charge in [-0.15, -0.1) is 0 Å². The van der Waals surface area contributed by atoms with E-state index in [1.165, 1.54) is 18.3 Å². The average molecular weight is 516 g/mol. The normalized spacial score (nSPS) is 9.85. The molecular weight excluding hydrogens is 499 g/mol. The molecule has 0 amide bonds. The van der Waals surface area contributed by atoms with Gasteiger partial charge in [0.15, 0.2) is 0 Å². The van der Waals surface area contributed by atoms with E-state index in [0.29, 0.717) is 11.0 Å². The van der Waals surface area contributed by atoms with Gasteiger partial charge >= 0.3 is 0 Å². The van der Waals surface area contributed by atoms with E-state index >= 15 is 0 Å². The van der Waals surface area contributed by atoms with Crippen LogP contribution in [0.4, 0.5) is 5.82 Å². The molecule has 0 aliphatic rings. The van der Waals surface area contributed by atoms with Crippen molar-refractivity contribution in [2.24, 2.45) is 0 Å². The lowest BCUT2D eigenvalue weighted by molar-refractivity contribution is 1.10. The molecule has 0 radical (unpaired) electrons. The summed E-state index contributed by atoms with van der Waals surface area (Å²) in [6.07, 6.45) is 5.63. The predicted octanol–water partition coefficient (Wildman–Crippen LogP) is 4.73. The Labute approximate surface area is 152 Å². The lowest BCUT2D eigenvalue weighted by Gasteiger charge is -1.99. The summed E-state index contributed by atoms with van der Waals surface area (Å²) in [5.74, 6) is 0.609. The topological polar surface area (TPSA) is 51.8 Å². The van der Waals surface area contributed by atoms with Crippen molar-refractivity contribution in [3.05, 3.63) is 47.9 Å². The van der Waals surface area contributed by atoms with E-state index in [0.717, 1.165) is 12.8 Å². The van der Waals surface area contributed by atoms with Gasteiger partial charge in [0, 0.05) is 19.5 Å². The molecule has 20 heavy (non-hydrogen) atoms. The Morgan fingerprint density at radius 1 is 1.00 bits per heavy atom. The van der Waals surface area contributed by atoms with Crippen LogP contribution in [0.3, 0.4) is 0 Å². The molecule has 0 atom stereocenters. The number of rotatable bonds is 2. The maximum absolute atomic E-state index is 5.68. The van der Waals surface area contributed by atoms with Crippen LogP contribution in [0.25, 0.3) is 0 Å². The quantitative estimate of drug-likeness (QED) is 0.465. The van der Waals surface area contributed by atoms with Crippen LogP contribution < -0.4 is 5.73 Å². The van der Waals surface area contributed by atoms with E-state index in [2.05, 4.69) is 69.0 Å². The Morgan fingerprint density at radius 2 is 1.50 bits per heavy atom. The number of anilines is 1. The largest absolute Gasteiger partial charge is 0.384 e. The first-order valence-electron chi connectivity index (χ1n) is 6.17. The van der Waals surface area contributed by atoms with Gasteiger partial charge in [0.05, 0.1) is 0 Å². The van der Waals surface area contributed by atoms with Crippen molar-refractivity contribution < 1.29 is 0 Å². The summed E-state index contributed by atoms with van der Waals surface area (Å²) >= 11 is 10.2. The Balaban J connectivity index is 0.000000200. The molecule has 0 saturated heterocycles. The van der Waals surface area contributed by atoms with Gasteiger partial charge in [0.25, 0.3) is 0 Å². The monoisotopic (exact) mass is 515 g/mol. The van der Waals surface area contributed by atoms with Gasteiger partial charge in [-0.3, -0.25) is 0 Å². The number of nitrogens with zero attached hydrogens (tertiary/aromatic N) is 2. The first-order chi connectivity index (χ1) is 9.47. The summed E-state index contributed by atoms with van der Waals surface area (Å²) in [6.45, 7) is 4.21. The molecule has 2 rings (SSSR count). The second kappa shape index (κ2) is 8.99. The SMILES string of the molecule is CCc1cc(Cl)ncc1I.CCc1cc(N)ncc1I. The van der Waals surface area contributed by atoms with Crippen LogP contribution in [0.1, 0.15) is 25.0 Å². The number of halogens is 3. The molecule has 0 aliphatic heterocycles. The van der Waals surface area contributed by atoms with E-state index in [1.807, 2.05) is 12.1 Å². The summed E-state index contributed by atoms with van der Waals surface area (Å²) in [4.78, 5) is 7.90. The van der Waals surface area contributed by atoms with E-state index < -0.39 is 0 Å². The summed E-state index contributed by atoms with van der Waals surface area (Å²) in [5.41, 5.74) is 8.02. The molecule has 0 bridgehead atoms. The molecule has 0 saturated carbocycles. The smallest absolute Gasteiger partial charge is 0.129 e. The molecule has 0 fully saturated rings. The first kappa shape index (κ1) is 17.9. The fourth-order valence-electron chi connectivity index (χ4n) is 1.49. The second-order valence-corrected chi connectivity index (χ2v) is 6.72. The van der Waals surface area contributed by atoms with E-state index in [4.69, 9.17) is 17.3 Å². The number of hydrogen-bond acceptors (Lipinski definition) is 3. The second-order valence-electron chi connectivity index (χ2n) is 4.01. The molecule has 3 nitrogen and oxygen atoms in total. The number of nitrogens with two attached hydrogens (primary N) is 1. The minimum atomic E-state index is 0.581. The molecule has 6 heteroatoms. The average Bonchev–Trinajstić information content (AvgIpc) is 2.44. The number of aryl methyl sites for hydroxylation is 2. The van der Waals surface area contributed by atoms with Crippen LogP contribution in [-0.2, 0) is 12.8 Å². The third-order valence-corrected chi connectivity index (χ3v) is 4.77. The minimum Gasteiger partial charge on any atom is -0.384 e. The zero-order valence-corrected chi connectivity index (χ0v) is 16.4. The van der Waals surface area contributed by atoms with Crippen molar-refractivity contribution in [2.45, 2.75) is 26.7 Å². The fourth-order valence-corrected chi connectivity index (χ4v) is 3.03. The molecule has 0 aliphatic carbocycles. The number of hydrogen-bond donors (Lipinski definition) is 1. The lowest BCUT2D eigenvalue weighted by atomic mass is 10.2. The zero-order valence-electron chi connectivity index (χ0n) is 11.3. The van der Waals surface area contributed by atoms with Gasteiger partial charge in [0.1, 0.15) is 11.0 Å². The van der Waals surface area contributed by atoms with Gasteiger partial charge in [-0.1, -0.05) is 25.4 Å². The van der Waals surface area contributed by atoms with E-state index in [-0.39, 0.29) is 0 Å². The first-order valence-corrected chi connectivity index (χ1v) is 8.71. The van der Waals surface area contributed by atoms with Crippen molar-refractivity contribution in [3.8, 4) is 0 Å². The Kier molecular flexibility index (Phi) is 8.04. The fraction of sp³-hybridized carbons (Fsp3) is 0.286. The summed E-state index contributed by atoms with van der Waals surface area (Å²) in [7, 11) is 0. The highest BCUT2D eigenvalue weighted by molar-refractivity contribution is 14.1. The molecule has 2 aromatic heterocycles. The van der Waals surface area contributed by atoms with Crippen molar-refractivity contribution in [1.82, 2.24) is 9.97 Å². The van der Waals surface area contributed by atoms with Gasteiger partial charge in [0.2, 0.25) is 0 Å². The van der Waals surface area contributed by atoms with Crippen molar-refractivity contribution in [2.75, 3.05) is 5.73 Å². The summed E-state index contributed by atoms with van der Waals surface area (Å²) < 4.78 is 2.37. The van der Waals surface area contributed by atoms with Gasteiger partial charge < -0.3 is 5.73 Å². The van der Waals surface area contributed by atoms with E-state index in [1.54, 1.807) is 12.4 Å². The lowest BCUT2D eigenvalue weighted by Crippen LogP contribution is -1.94. The van der Waals surface area contributed by atoms with E-state index in [9.17, 15) is 0 Å². The van der Waals surface area contributed by atoms with Crippen molar-refractivity contribution in [3.63, 3.8) is 0 Å². The van der Waals surface area contributed by atoms with Crippen LogP contribution >= 0.6 is 56.8 Å². The molecule has 2 aromatic rings. The van der Waals surface area contributed by atoms with Crippen LogP contribution in [0, 0.1) is 7.14 Å². The molecule has 0 spiro atoms. The third-order valence-electron chi connectivity index (χ3n) is 2.62. The summed E-state index contributed by atoms with van der Waals surface area (Å²) in [6, 6.07) is 3.82. The van der Waals surface area contributed by atoms with Crippen molar-refractivity contribution in [1.29, 1.82) is 0 Å². The van der Waals surface area contributed by atoms with Crippen LogP contribution in [0.5, 0.6) is 0 Å². The molecule has 108 valence electrons. The molecule has 2 heterocycles. The molecule has 0 aromatic carbocycles. The Morgan fingerprint density at radius 3 is 1.95 bits per heavy atom. The minimum absolute atomic E-state index is 0.581. The van der Waals surface area contributed by atoms with Gasteiger partial charge in [-0.25, -0.2) is 9.97 Å². The standard InChI is InChI=1S/C7H7ClIN.C7H9IN2/c1-2-5-3-7(8)10-4-6(5)9;1-2-5-3-7(9)10-4-6(5)8/h3-4H,2H2,1H3;3-4H,2H2,1H3,(H2,9,10). The van der Waals surface area contributed by atoms with Crippen LogP contribution in [0.15, 0.2) is 24.5 Å².